The number of nitrogens with one attached hydrogen (secondary N) is 1. The monoisotopic (exact) mass is 350 g/mol. The van der Waals surface area contributed by atoms with Crippen molar-refractivity contribution in [3.8, 4) is 5.75 Å². The van der Waals surface area contributed by atoms with Crippen LogP contribution in [0, 0.1) is 6.92 Å². The lowest BCUT2D eigenvalue weighted by atomic mass is 9.96. The molecule has 7 nitrogen and oxygen atoms in total. The van der Waals surface area contributed by atoms with E-state index in [1.54, 1.807) is 6.07 Å². The predicted octanol–water partition coefficient (Wildman–Crippen LogP) is 2.50. The summed E-state index contributed by atoms with van der Waals surface area (Å²) in [7, 11) is 0. The molecule has 0 fully saturated rings. The molecule has 1 aromatic heterocycles. The van der Waals surface area contributed by atoms with Crippen LogP contribution in [0.25, 0.3) is 0 Å². The van der Waals surface area contributed by atoms with E-state index in [9.17, 15) is 4.79 Å². The number of carbonyl (C=O) groups is 1. The first-order chi connectivity index (χ1) is 12.7. The molecule has 0 saturated carbocycles. The Morgan fingerprint density at radius 2 is 2.08 bits per heavy atom. The zero-order valence-corrected chi connectivity index (χ0v) is 14.7. The van der Waals surface area contributed by atoms with Crippen LogP contribution in [0.3, 0.4) is 0 Å². The Hall–Kier alpha value is -3.22. The molecular weight excluding hydrogens is 330 g/mol. The Bertz CT molecular complexity index is 864. The third-order valence-electron chi connectivity index (χ3n) is 3.93. The van der Waals surface area contributed by atoms with E-state index in [2.05, 4.69) is 25.9 Å². The van der Waals surface area contributed by atoms with Crippen molar-refractivity contribution in [2.75, 3.05) is 11.9 Å². The maximum Gasteiger partial charge on any atom is 0.232 e. The average molecular weight is 350 g/mol. The molecule has 0 aliphatic heterocycles. The second-order valence-electron chi connectivity index (χ2n) is 5.90. The van der Waals surface area contributed by atoms with Gasteiger partial charge >= 0.3 is 0 Å². The van der Waals surface area contributed by atoms with Crippen molar-refractivity contribution in [3.63, 3.8) is 0 Å². The summed E-state index contributed by atoms with van der Waals surface area (Å²) >= 11 is 0. The van der Waals surface area contributed by atoms with Gasteiger partial charge in [0.1, 0.15) is 5.75 Å². The first-order valence-electron chi connectivity index (χ1n) is 8.44. The van der Waals surface area contributed by atoms with Crippen LogP contribution < -0.4 is 15.2 Å². The van der Waals surface area contributed by atoms with Crippen molar-refractivity contribution in [1.29, 1.82) is 0 Å². The summed E-state index contributed by atoms with van der Waals surface area (Å²) in [5.74, 6) is 0.102. The molecule has 1 N–H and O–H groups in total. The van der Waals surface area contributed by atoms with Gasteiger partial charge in [-0.05, 0) is 38.0 Å². The van der Waals surface area contributed by atoms with E-state index in [1.807, 2.05) is 56.3 Å². The minimum atomic E-state index is -0.596. The lowest BCUT2D eigenvalue weighted by Crippen LogP contribution is -2.25. The highest BCUT2D eigenvalue weighted by molar-refractivity contribution is 5.96. The number of carbonyl (C=O) groups excluding carboxylic acids is 1. The van der Waals surface area contributed by atoms with E-state index < -0.39 is 5.92 Å². The highest BCUT2D eigenvalue weighted by Gasteiger charge is 2.22. The summed E-state index contributed by atoms with van der Waals surface area (Å²) in [4.78, 5) is 13.0. The zero-order valence-electron chi connectivity index (χ0n) is 14.7. The van der Waals surface area contributed by atoms with Crippen LogP contribution in [-0.4, -0.2) is 28.0 Å². The van der Waals surface area contributed by atoms with Crippen molar-refractivity contribution in [2.24, 2.45) is 0 Å². The maximum atomic E-state index is 13.0. The molecule has 0 saturated heterocycles. The topological polar surface area (TPSA) is 91.1 Å². The highest BCUT2D eigenvalue weighted by Crippen LogP contribution is 2.26. The summed E-state index contributed by atoms with van der Waals surface area (Å²) in [6.45, 7) is 4.42. The standard InChI is InChI=1S/C19H21N5O2/c1-3-26-17-10-5-4-9-16(17)20-19(25)15(18-21-23-24-22-18)12-14-8-6-7-13(2)11-14/h4-11,15H,3,12H2,1-2H3,(H2,20,21,22,23,24,25)/p-1/t15-/m1/s1. The number of para-hydroxylation sites is 2. The minimum Gasteiger partial charge on any atom is -0.492 e. The Kier molecular flexibility index (Phi) is 5.58. The van der Waals surface area contributed by atoms with Gasteiger partial charge < -0.3 is 15.2 Å². The Labute approximate surface area is 151 Å². The van der Waals surface area contributed by atoms with E-state index in [4.69, 9.17) is 4.74 Å². The molecule has 3 aromatic rings. The summed E-state index contributed by atoms with van der Waals surface area (Å²) in [6, 6.07) is 15.3. The van der Waals surface area contributed by atoms with Gasteiger partial charge in [-0.25, -0.2) is 0 Å². The van der Waals surface area contributed by atoms with Gasteiger partial charge in [-0.15, -0.1) is 0 Å². The summed E-state index contributed by atoms with van der Waals surface area (Å²) < 4.78 is 5.57. The number of aryl methyl sites for hydroxylation is 1. The van der Waals surface area contributed by atoms with Crippen LogP contribution in [0.2, 0.25) is 0 Å². The molecule has 26 heavy (non-hydrogen) atoms. The van der Waals surface area contributed by atoms with E-state index in [-0.39, 0.29) is 5.91 Å². The van der Waals surface area contributed by atoms with Gasteiger partial charge in [0.25, 0.3) is 0 Å². The molecule has 0 radical (unpaired) electrons. The molecule has 1 heterocycles. The largest absolute Gasteiger partial charge is 0.492 e. The molecule has 0 aliphatic carbocycles. The van der Waals surface area contributed by atoms with Crippen molar-refractivity contribution in [1.82, 2.24) is 20.6 Å². The lowest BCUT2D eigenvalue weighted by molar-refractivity contribution is -0.117. The van der Waals surface area contributed by atoms with Crippen LogP contribution in [-0.2, 0) is 11.2 Å². The number of aromatic nitrogens is 4. The lowest BCUT2D eigenvalue weighted by Gasteiger charge is -2.18. The van der Waals surface area contributed by atoms with E-state index in [1.165, 1.54) is 0 Å². The van der Waals surface area contributed by atoms with Crippen LogP contribution in [0.1, 0.15) is 29.8 Å². The van der Waals surface area contributed by atoms with Crippen molar-refractivity contribution in [3.05, 3.63) is 65.5 Å². The molecule has 1 atom stereocenters. The highest BCUT2D eigenvalue weighted by atomic mass is 16.5. The molecule has 1 amide bonds. The van der Waals surface area contributed by atoms with Gasteiger partial charge in [0, 0.05) is 5.82 Å². The van der Waals surface area contributed by atoms with Crippen molar-refractivity contribution < 1.29 is 9.53 Å². The van der Waals surface area contributed by atoms with E-state index >= 15 is 0 Å². The molecule has 0 unspecified atom stereocenters. The quantitative estimate of drug-likeness (QED) is 0.704. The second-order valence-corrected chi connectivity index (χ2v) is 5.90. The number of hydrogen-bond donors (Lipinski definition) is 1. The molecule has 0 spiro atoms. The van der Waals surface area contributed by atoms with Gasteiger partial charge in [-0.1, -0.05) is 42.0 Å². The van der Waals surface area contributed by atoms with Crippen LogP contribution in [0.4, 0.5) is 5.69 Å². The van der Waals surface area contributed by atoms with Gasteiger partial charge in [0.2, 0.25) is 5.91 Å². The van der Waals surface area contributed by atoms with E-state index in [0.29, 0.717) is 30.3 Å². The molecule has 0 aliphatic rings. The summed E-state index contributed by atoms with van der Waals surface area (Å²) in [6.07, 6.45) is 0.456. The number of hydrogen-bond acceptors (Lipinski definition) is 5. The van der Waals surface area contributed by atoms with Gasteiger partial charge in [-0.3, -0.25) is 15.1 Å². The number of tetrazole rings is 1. The smallest absolute Gasteiger partial charge is 0.232 e. The third-order valence-corrected chi connectivity index (χ3v) is 3.93. The number of nitrogens with zero attached hydrogens (tertiary/aromatic N) is 4. The summed E-state index contributed by atoms with van der Waals surface area (Å²) in [5, 5.41) is 17.7. The number of amides is 1. The second kappa shape index (κ2) is 8.24. The van der Waals surface area contributed by atoms with Crippen molar-refractivity contribution in [2.45, 2.75) is 26.2 Å². The maximum absolute atomic E-state index is 13.0. The number of anilines is 1. The summed E-state index contributed by atoms with van der Waals surface area (Å²) in [5.41, 5.74) is 2.76. The van der Waals surface area contributed by atoms with Crippen LogP contribution in [0.5, 0.6) is 5.75 Å². The first kappa shape index (κ1) is 17.6. The SMILES string of the molecule is CCOc1ccccc1NC(=O)[C@H](Cc1cccc(C)c1)c1nnn[n-]1. The Morgan fingerprint density at radius 3 is 2.81 bits per heavy atom. The van der Waals surface area contributed by atoms with E-state index in [0.717, 1.165) is 11.1 Å². The number of rotatable bonds is 7. The fourth-order valence-electron chi connectivity index (χ4n) is 2.74. The molecule has 134 valence electrons. The van der Waals surface area contributed by atoms with Crippen molar-refractivity contribution >= 4 is 11.6 Å². The molecule has 3 rings (SSSR count). The fourth-order valence-corrected chi connectivity index (χ4v) is 2.74. The molecule has 2 aromatic carbocycles. The van der Waals surface area contributed by atoms with Gasteiger partial charge in [0.05, 0.1) is 18.2 Å². The van der Waals surface area contributed by atoms with Gasteiger partial charge in [0.15, 0.2) is 0 Å². The minimum absolute atomic E-state index is 0.228. The normalized spacial score (nSPS) is 11.8. The molecule has 7 heteroatoms. The number of ether oxygens (including phenoxy) is 1. The molecular formula is C19H20N5O2-. The van der Waals surface area contributed by atoms with Gasteiger partial charge in [-0.2, -0.15) is 5.21 Å². The van der Waals surface area contributed by atoms with Crippen LogP contribution >= 0.6 is 0 Å². The Balaban J connectivity index is 1.84. The third kappa shape index (κ3) is 4.24. The molecule has 0 bridgehead atoms. The zero-order chi connectivity index (χ0) is 18.4. The fraction of sp³-hybridized carbons (Fsp3) is 0.263. The first-order valence-corrected chi connectivity index (χ1v) is 8.44. The van der Waals surface area contributed by atoms with Crippen LogP contribution in [0.15, 0.2) is 48.5 Å². The number of benzene rings is 2. The Morgan fingerprint density at radius 1 is 1.23 bits per heavy atom. The predicted molar refractivity (Wildman–Crippen MR) is 97.0 cm³/mol. The average Bonchev–Trinajstić information content (AvgIpc) is 3.16.